The van der Waals surface area contributed by atoms with E-state index in [0.29, 0.717) is 5.13 Å². The third kappa shape index (κ3) is 4.16. The number of nitrogens with zero attached hydrogens (tertiary/aromatic N) is 4. The highest BCUT2D eigenvalue weighted by Crippen LogP contribution is 2.25. The predicted octanol–water partition coefficient (Wildman–Crippen LogP) is 1.62. The van der Waals surface area contributed by atoms with E-state index in [9.17, 15) is 0 Å². The second-order valence-corrected chi connectivity index (χ2v) is 5.78. The topological polar surface area (TPSA) is 102 Å². The summed E-state index contributed by atoms with van der Waals surface area (Å²) in [5.41, 5.74) is 7.94. The molecule has 2 aromatic heterocycles. The molecule has 0 bridgehead atoms. The van der Waals surface area contributed by atoms with Crippen LogP contribution in [0.15, 0.2) is 6.33 Å². The van der Waals surface area contributed by atoms with Gasteiger partial charge in [0.1, 0.15) is 17.2 Å². The number of nitrogens with one attached hydrogen (secondary N) is 2. The highest BCUT2D eigenvalue weighted by molar-refractivity contribution is 7.15. The van der Waals surface area contributed by atoms with Gasteiger partial charge in [0.2, 0.25) is 5.13 Å². The molecule has 0 fully saturated rings. The Morgan fingerprint density at radius 1 is 1.23 bits per heavy atom. The van der Waals surface area contributed by atoms with Crippen LogP contribution in [0.1, 0.15) is 29.2 Å². The Hall–Kier alpha value is -1.22. The molecule has 1 aliphatic heterocycles. The number of fused-ring (bicyclic) bond motifs is 1. The van der Waals surface area contributed by atoms with E-state index in [1.807, 2.05) is 6.92 Å². The van der Waals surface area contributed by atoms with E-state index in [-0.39, 0.29) is 30.9 Å². The first-order chi connectivity index (χ1) is 9.74. The van der Waals surface area contributed by atoms with Gasteiger partial charge in [0.15, 0.2) is 0 Å². The van der Waals surface area contributed by atoms with Crippen LogP contribution in [-0.4, -0.2) is 33.3 Å². The Morgan fingerprint density at radius 2 is 2.00 bits per heavy atom. The normalized spacial score (nSPS) is 14.8. The lowest BCUT2D eigenvalue weighted by Gasteiger charge is -2.15. The minimum Gasteiger partial charge on any atom is -0.374 e. The van der Waals surface area contributed by atoms with Gasteiger partial charge in [-0.3, -0.25) is 0 Å². The summed E-state index contributed by atoms with van der Waals surface area (Å²) < 4.78 is 0. The smallest absolute Gasteiger partial charge is 0.203 e. The SMILES string of the molecule is CC(Nc1ncnc2c1CCNCC2)c1nnc(N)s1.Cl.Cl. The molecule has 22 heavy (non-hydrogen) atoms. The lowest BCUT2D eigenvalue weighted by atomic mass is 10.1. The number of rotatable bonds is 3. The first-order valence-corrected chi connectivity index (χ1v) is 7.44. The van der Waals surface area contributed by atoms with Gasteiger partial charge in [0, 0.05) is 18.5 Å². The summed E-state index contributed by atoms with van der Waals surface area (Å²) >= 11 is 1.39. The Bertz CT molecular complexity index is 607. The van der Waals surface area contributed by atoms with Gasteiger partial charge >= 0.3 is 0 Å². The molecule has 3 heterocycles. The van der Waals surface area contributed by atoms with E-state index < -0.39 is 0 Å². The van der Waals surface area contributed by atoms with Crippen molar-refractivity contribution >= 4 is 47.1 Å². The molecule has 1 unspecified atom stereocenters. The number of nitrogens with two attached hydrogens (primary N) is 1. The van der Waals surface area contributed by atoms with Crippen LogP contribution in [0, 0.1) is 0 Å². The molecule has 0 amide bonds. The molecule has 122 valence electrons. The monoisotopic (exact) mass is 363 g/mol. The maximum atomic E-state index is 5.62. The summed E-state index contributed by atoms with van der Waals surface area (Å²) in [5, 5.41) is 16.0. The zero-order chi connectivity index (χ0) is 13.9. The first kappa shape index (κ1) is 18.8. The molecular weight excluding hydrogens is 345 g/mol. The second kappa shape index (κ2) is 8.42. The van der Waals surface area contributed by atoms with Crippen LogP contribution < -0.4 is 16.4 Å². The Kier molecular flexibility index (Phi) is 7.21. The second-order valence-electron chi connectivity index (χ2n) is 4.74. The number of anilines is 2. The van der Waals surface area contributed by atoms with Gasteiger partial charge in [0.25, 0.3) is 0 Å². The molecule has 0 spiro atoms. The number of hydrogen-bond donors (Lipinski definition) is 3. The molecule has 1 atom stereocenters. The molecule has 0 aromatic carbocycles. The van der Waals surface area contributed by atoms with Gasteiger partial charge in [-0.05, 0) is 19.9 Å². The van der Waals surface area contributed by atoms with Crippen molar-refractivity contribution in [3.05, 3.63) is 22.6 Å². The van der Waals surface area contributed by atoms with Crippen molar-refractivity contribution in [1.82, 2.24) is 25.5 Å². The van der Waals surface area contributed by atoms with Crippen LogP contribution >= 0.6 is 36.2 Å². The highest BCUT2D eigenvalue weighted by Gasteiger charge is 2.17. The van der Waals surface area contributed by atoms with Crippen molar-refractivity contribution in [3.63, 3.8) is 0 Å². The van der Waals surface area contributed by atoms with Crippen LogP contribution in [0.4, 0.5) is 10.9 Å². The first-order valence-electron chi connectivity index (χ1n) is 6.63. The van der Waals surface area contributed by atoms with Crippen molar-refractivity contribution in [2.24, 2.45) is 0 Å². The van der Waals surface area contributed by atoms with Gasteiger partial charge in [-0.25, -0.2) is 9.97 Å². The molecule has 1 aliphatic rings. The molecule has 0 saturated carbocycles. The average Bonchev–Trinajstić information content (AvgIpc) is 2.73. The minimum absolute atomic E-state index is 0. The van der Waals surface area contributed by atoms with Crippen molar-refractivity contribution in [1.29, 1.82) is 0 Å². The van der Waals surface area contributed by atoms with Crippen LogP contribution in [0.25, 0.3) is 0 Å². The average molecular weight is 364 g/mol. The Morgan fingerprint density at radius 3 is 2.73 bits per heavy atom. The van der Waals surface area contributed by atoms with Crippen molar-refractivity contribution < 1.29 is 0 Å². The predicted molar refractivity (Wildman–Crippen MR) is 93.2 cm³/mol. The molecule has 0 radical (unpaired) electrons. The highest BCUT2D eigenvalue weighted by atomic mass is 35.5. The molecule has 7 nitrogen and oxygen atoms in total. The van der Waals surface area contributed by atoms with E-state index in [0.717, 1.165) is 42.5 Å². The molecule has 2 aromatic rings. The molecule has 3 rings (SSSR count). The number of hydrogen-bond acceptors (Lipinski definition) is 8. The van der Waals surface area contributed by atoms with E-state index in [2.05, 4.69) is 30.8 Å². The van der Waals surface area contributed by atoms with Crippen molar-refractivity contribution in [2.75, 3.05) is 24.1 Å². The van der Waals surface area contributed by atoms with E-state index in [4.69, 9.17) is 5.73 Å². The summed E-state index contributed by atoms with van der Waals surface area (Å²) in [6.07, 6.45) is 3.49. The quantitative estimate of drug-likeness (QED) is 0.761. The third-order valence-corrected chi connectivity index (χ3v) is 4.24. The van der Waals surface area contributed by atoms with Crippen LogP contribution in [0.3, 0.4) is 0 Å². The fourth-order valence-electron chi connectivity index (χ4n) is 2.28. The fraction of sp³-hybridized carbons (Fsp3) is 0.500. The standard InChI is InChI=1S/C12H17N7S.2ClH/c1-7(11-18-19-12(13)20-11)17-10-8-2-4-14-5-3-9(8)15-6-16-10;;/h6-7,14H,2-5H2,1H3,(H2,13,19)(H,15,16,17);2*1H. The molecular formula is C12H19Cl2N7S. The Labute approximate surface area is 145 Å². The van der Waals surface area contributed by atoms with E-state index in [1.165, 1.54) is 16.9 Å². The largest absolute Gasteiger partial charge is 0.374 e. The number of halogens is 2. The number of nitrogen functional groups attached to an aromatic ring is 1. The van der Waals surface area contributed by atoms with Crippen LogP contribution in [0.2, 0.25) is 0 Å². The van der Waals surface area contributed by atoms with Gasteiger partial charge in [-0.1, -0.05) is 11.3 Å². The van der Waals surface area contributed by atoms with E-state index in [1.54, 1.807) is 6.33 Å². The summed E-state index contributed by atoms with van der Waals surface area (Å²) in [5.74, 6) is 0.889. The Balaban J connectivity index is 0.00000121. The lowest BCUT2D eigenvalue weighted by molar-refractivity contribution is 0.708. The van der Waals surface area contributed by atoms with Crippen LogP contribution in [0.5, 0.6) is 0 Å². The van der Waals surface area contributed by atoms with Crippen molar-refractivity contribution in [3.8, 4) is 0 Å². The zero-order valence-electron chi connectivity index (χ0n) is 12.1. The van der Waals surface area contributed by atoms with Crippen molar-refractivity contribution in [2.45, 2.75) is 25.8 Å². The van der Waals surface area contributed by atoms with Gasteiger partial charge in [-0.15, -0.1) is 35.0 Å². The maximum Gasteiger partial charge on any atom is 0.203 e. The van der Waals surface area contributed by atoms with Gasteiger partial charge < -0.3 is 16.4 Å². The van der Waals surface area contributed by atoms with Crippen LogP contribution in [-0.2, 0) is 12.8 Å². The maximum absolute atomic E-state index is 5.62. The number of aromatic nitrogens is 4. The third-order valence-electron chi connectivity index (χ3n) is 3.30. The summed E-state index contributed by atoms with van der Waals surface area (Å²) in [4.78, 5) is 8.77. The van der Waals surface area contributed by atoms with E-state index >= 15 is 0 Å². The molecule has 4 N–H and O–H groups in total. The lowest BCUT2D eigenvalue weighted by Crippen LogP contribution is -2.16. The molecule has 0 saturated heterocycles. The zero-order valence-corrected chi connectivity index (χ0v) is 14.5. The summed E-state index contributed by atoms with van der Waals surface area (Å²) in [7, 11) is 0. The van der Waals surface area contributed by atoms with Gasteiger partial charge in [-0.2, -0.15) is 0 Å². The summed E-state index contributed by atoms with van der Waals surface area (Å²) in [6, 6.07) is 0.0278. The molecule has 10 heteroatoms. The fourth-order valence-corrected chi connectivity index (χ4v) is 2.90. The molecule has 0 aliphatic carbocycles. The summed E-state index contributed by atoms with van der Waals surface area (Å²) in [6.45, 7) is 3.95. The van der Waals surface area contributed by atoms with Gasteiger partial charge in [0.05, 0.1) is 11.7 Å². The minimum atomic E-state index is 0.